The average Bonchev–Trinajstić information content (AvgIpc) is 3.09. The lowest BCUT2D eigenvalue weighted by molar-refractivity contribution is 0.00447. The predicted molar refractivity (Wildman–Crippen MR) is 188 cm³/mol. The number of carbonyl (C=O) groups excluding carboxylic acids is 2. The van der Waals surface area contributed by atoms with Gasteiger partial charge in [0.05, 0.1) is 24.3 Å². The fourth-order valence-corrected chi connectivity index (χ4v) is 7.49. The van der Waals surface area contributed by atoms with Crippen molar-refractivity contribution in [2.45, 2.75) is 130 Å². The molecule has 0 aliphatic heterocycles. The lowest BCUT2D eigenvalue weighted by Crippen LogP contribution is -2.22. The monoisotopic (exact) mass is 648 g/mol. The Bertz CT molecular complexity index is 1160. The van der Waals surface area contributed by atoms with E-state index in [1.807, 2.05) is 24.3 Å². The number of ether oxygens (including phenoxy) is 4. The molecule has 2 aliphatic rings. The molecular weight excluding hydrogens is 588 g/mol. The van der Waals surface area contributed by atoms with Gasteiger partial charge in [0.15, 0.2) is 0 Å². The van der Waals surface area contributed by atoms with Crippen molar-refractivity contribution in [3.8, 4) is 11.5 Å². The van der Waals surface area contributed by atoms with Crippen LogP contribution in [0.3, 0.4) is 0 Å². The van der Waals surface area contributed by atoms with Gasteiger partial charge in [0.2, 0.25) is 0 Å². The maximum absolute atomic E-state index is 12.6. The largest absolute Gasteiger partial charge is 0.494 e. The normalized spacial score (nSPS) is 21.9. The molecule has 2 saturated carbocycles. The number of benzene rings is 2. The van der Waals surface area contributed by atoms with E-state index in [1.54, 1.807) is 31.2 Å². The zero-order valence-corrected chi connectivity index (χ0v) is 29.4. The van der Waals surface area contributed by atoms with Gasteiger partial charge < -0.3 is 18.9 Å². The first-order valence-corrected chi connectivity index (χ1v) is 18.8. The molecule has 0 saturated heterocycles. The second-order valence-electron chi connectivity index (χ2n) is 14.2. The summed E-state index contributed by atoms with van der Waals surface area (Å²) in [4.78, 5) is 25.2. The van der Waals surface area contributed by atoms with Crippen LogP contribution < -0.4 is 9.47 Å². The second kappa shape index (κ2) is 20.4. The number of carbonyl (C=O) groups is 2. The van der Waals surface area contributed by atoms with Gasteiger partial charge in [-0.2, -0.15) is 0 Å². The van der Waals surface area contributed by atoms with Crippen LogP contribution in [0.25, 0.3) is 0 Å². The molecule has 2 aliphatic carbocycles. The Hall–Kier alpha value is -3.02. The molecule has 0 heterocycles. The lowest BCUT2D eigenvalue weighted by atomic mass is 9.78. The smallest absolute Gasteiger partial charge is 0.338 e. The third-order valence-corrected chi connectivity index (χ3v) is 10.3. The van der Waals surface area contributed by atoms with Gasteiger partial charge in [0.25, 0.3) is 0 Å². The molecule has 0 radical (unpaired) electrons. The third kappa shape index (κ3) is 13.2. The van der Waals surface area contributed by atoms with Crippen molar-refractivity contribution in [1.29, 1.82) is 0 Å². The quantitative estimate of drug-likeness (QED) is 0.111. The van der Waals surface area contributed by atoms with Gasteiger partial charge in [-0.1, -0.05) is 90.9 Å². The maximum atomic E-state index is 12.6. The maximum Gasteiger partial charge on any atom is 0.338 e. The minimum Gasteiger partial charge on any atom is -0.494 e. The molecule has 260 valence electrons. The first-order chi connectivity index (χ1) is 22.9. The Morgan fingerprint density at radius 1 is 0.596 bits per heavy atom. The van der Waals surface area contributed by atoms with E-state index in [0.717, 1.165) is 48.0 Å². The van der Waals surface area contributed by atoms with Crippen molar-refractivity contribution < 1.29 is 28.5 Å². The highest BCUT2D eigenvalue weighted by Gasteiger charge is 2.21. The molecule has 6 heteroatoms. The van der Waals surface area contributed by atoms with E-state index in [4.69, 9.17) is 18.9 Å². The van der Waals surface area contributed by atoms with Crippen LogP contribution in [0.15, 0.2) is 48.5 Å². The summed E-state index contributed by atoms with van der Waals surface area (Å²) in [5.41, 5.74) is 0.879. The van der Waals surface area contributed by atoms with Crippen LogP contribution in [0, 0.1) is 23.7 Å². The molecule has 2 aromatic carbocycles. The molecule has 4 rings (SSSR count). The van der Waals surface area contributed by atoms with Crippen LogP contribution in [0.4, 0.5) is 0 Å². The molecule has 0 bridgehead atoms. The van der Waals surface area contributed by atoms with Crippen LogP contribution in [-0.2, 0) is 9.47 Å². The summed E-state index contributed by atoms with van der Waals surface area (Å²) in [7, 11) is 0. The Balaban J connectivity index is 1.06. The van der Waals surface area contributed by atoms with Gasteiger partial charge in [-0.05, 0) is 105 Å². The van der Waals surface area contributed by atoms with E-state index >= 15 is 0 Å². The Morgan fingerprint density at radius 3 is 1.38 bits per heavy atom. The molecule has 2 fully saturated rings. The fraction of sp³-hybridized carbons (Fsp3) is 0.659. The van der Waals surface area contributed by atoms with E-state index in [1.165, 1.54) is 89.9 Å². The van der Waals surface area contributed by atoms with Gasteiger partial charge >= 0.3 is 11.9 Å². The third-order valence-electron chi connectivity index (χ3n) is 10.3. The minimum absolute atomic E-state index is 0.0232. The molecule has 0 amide bonds. The van der Waals surface area contributed by atoms with Crippen LogP contribution in [0.1, 0.15) is 144 Å². The summed E-state index contributed by atoms with van der Waals surface area (Å²) in [6, 6.07) is 14.1. The van der Waals surface area contributed by atoms with E-state index < -0.39 is 18.0 Å². The Kier molecular flexibility index (Phi) is 16.0. The lowest BCUT2D eigenvalue weighted by Gasteiger charge is -2.28. The van der Waals surface area contributed by atoms with Crippen molar-refractivity contribution in [2.75, 3.05) is 19.8 Å². The van der Waals surface area contributed by atoms with Gasteiger partial charge in [-0.25, -0.2) is 9.59 Å². The summed E-state index contributed by atoms with van der Waals surface area (Å²) in [6.45, 7) is 7.65. The highest BCUT2D eigenvalue weighted by atomic mass is 16.6. The Morgan fingerprint density at radius 2 is 0.979 bits per heavy atom. The van der Waals surface area contributed by atoms with Crippen molar-refractivity contribution in [1.82, 2.24) is 0 Å². The summed E-state index contributed by atoms with van der Waals surface area (Å²) in [5.74, 6) is 4.18. The Labute approximate surface area is 284 Å². The zero-order valence-electron chi connectivity index (χ0n) is 29.4. The number of esters is 2. The van der Waals surface area contributed by atoms with E-state index in [-0.39, 0.29) is 6.61 Å². The summed E-state index contributed by atoms with van der Waals surface area (Å²) >= 11 is 0. The first kappa shape index (κ1) is 36.8. The zero-order chi connectivity index (χ0) is 33.3. The average molecular weight is 649 g/mol. The van der Waals surface area contributed by atoms with Crippen molar-refractivity contribution in [2.24, 2.45) is 23.7 Å². The summed E-state index contributed by atoms with van der Waals surface area (Å²) in [6.07, 6.45) is 20.4. The highest BCUT2D eigenvalue weighted by Crippen LogP contribution is 2.35. The minimum atomic E-state index is -0.580. The summed E-state index contributed by atoms with van der Waals surface area (Å²) in [5, 5.41) is 0. The van der Waals surface area contributed by atoms with Crippen molar-refractivity contribution in [3.05, 3.63) is 59.7 Å². The summed E-state index contributed by atoms with van der Waals surface area (Å²) < 4.78 is 22.8. The number of hydrogen-bond donors (Lipinski definition) is 0. The molecule has 2 aromatic rings. The SMILES string of the molecule is CCCC1CCC(CCCOc2ccc(C(=O)OCC(C)OC(=O)c3ccc(OCCCC4CCC(CCC)CC4)cc3)cc2)CC1. The van der Waals surface area contributed by atoms with Crippen LogP contribution >= 0.6 is 0 Å². The molecule has 1 unspecified atom stereocenters. The van der Waals surface area contributed by atoms with E-state index in [9.17, 15) is 9.59 Å². The van der Waals surface area contributed by atoms with Crippen LogP contribution in [-0.4, -0.2) is 37.9 Å². The fourth-order valence-electron chi connectivity index (χ4n) is 7.49. The second-order valence-corrected chi connectivity index (χ2v) is 14.2. The molecule has 0 N–H and O–H groups in total. The molecule has 47 heavy (non-hydrogen) atoms. The topological polar surface area (TPSA) is 71.1 Å². The molecular formula is C41H60O6. The van der Waals surface area contributed by atoms with Crippen LogP contribution in [0.2, 0.25) is 0 Å². The van der Waals surface area contributed by atoms with Crippen molar-refractivity contribution in [3.63, 3.8) is 0 Å². The standard InChI is InChI=1S/C41H60O6/c1-4-8-32-12-16-34(17-13-32)10-6-28-44-38-24-20-36(21-25-38)40(42)46-30-31(3)47-41(43)37-22-26-39(27-23-37)45-29-7-11-35-18-14-33(9-5-2)15-19-35/h20-27,31-35H,4-19,28-30H2,1-3H3. The predicted octanol–water partition coefficient (Wildman–Crippen LogP) is 10.6. The first-order valence-electron chi connectivity index (χ1n) is 18.8. The van der Waals surface area contributed by atoms with Gasteiger partial charge in [0.1, 0.15) is 24.2 Å². The number of rotatable bonds is 19. The number of hydrogen-bond acceptors (Lipinski definition) is 6. The van der Waals surface area contributed by atoms with Gasteiger partial charge in [-0.3, -0.25) is 0 Å². The molecule has 6 nitrogen and oxygen atoms in total. The van der Waals surface area contributed by atoms with Gasteiger partial charge in [0, 0.05) is 0 Å². The molecule has 0 spiro atoms. The van der Waals surface area contributed by atoms with Crippen molar-refractivity contribution >= 4 is 11.9 Å². The van der Waals surface area contributed by atoms with E-state index in [2.05, 4.69) is 13.8 Å². The van der Waals surface area contributed by atoms with E-state index in [0.29, 0.717) is 24.3 Å². The molecule has 1 atom stereocenters. The van der Waals surface area contributed by atoms with Crippen LogP contribution in [0.5, 0.6) is 11.5 Å². The highest BCUT2D eigenvalue weighted by molar-refractivity contribution is 5.90. The van der Waals surface area contributed by atoms with Gasteiger partial charge in [-0.15, -0.1) is 0 Å². The molecule has 0 aromatic heterocycles.